The maximum Gasteiger partial charge on any atom is 0.472 e. The van der Waals surface area contributed by atoms with Gasteiger partial charge in [0, 0.05) is 6.42 Å². The van der Waals surface area contributed by atoms with Crippen molar-refractivity contribution in [1.29, 1.82) is 0 Å². The molecule has 20 nitrogen and oxygen atoms in total. The van der Waals surface area contributed by atoms with Crippen molar-refractivity contribution < 1.29 is 43.3 Å². The minimum Gasteiger partial charge on any atom is -0.394 e. The van der Waals surface area contributed by atoms with Crippen molar-refractivity contribution in [3.8, 4) is 0 Å². The van der Waals surface area contributed by atoms with Gasteiger partial charge in [0.25, 0.3) is 5.56 Å². The standard InChI is InChI=1S/C21H27N10O10P/c1-7(14-12(33)13(34)20(39-14)30-5-26-10-15(22)24-4-25-16(10)30)40-42(36,37)41-9-2-8(3-32)38-19(9)31-6-27-11-17(31)28-21(23)29-18(11)35/h4-9,12-14,19-20,32-34H,2-3H2,1H3,(H,36,37)(H2,22,24,25)(H3,23,28,29,35)/t7-,8-,9+,12-,13+,14-,19+,20+/m0/s1. The van der Waals surface area contributed by atoms with E-state index in [-0.39, 0.29) is 40.5 Å². The van der Waals surface area contributed by atoms with E-state index in [0.717, 1.165) is 0 Å². The van der Waals surface area contributed by atoms with Crippen molar-refractivity contribution in [3.05, 3.63) is 29.3 Å². The Morgan fingerprint density at radius 1 is 1.10 bits per heavy atom. The normalized spacial score (nSPS) is 30.3. The van der Waals surface area contributed by atoms with Crippen molar-refractivity contribution in [3.63, 3.8) is 0 Å². The first kappa shape index (κ1) is 28.5. The Hall–Kier alpha value is -3.59. The van der Waals surface area contributed by atoms with Gasteiger partial charge < -0.3 is 41.2 Å². The van der Waals surface area contributed by atoms with Gasteiger partial charge in [-0.1, -0.05) is 0 Å². The predicted octanol–water partition coefficient (Wildman–Crippen LogP) is -2.09. The molecule has 0 bridgehead atoms. The number of fused-ring (bicyclic) bond motifs is 2. The molecule has 2 saturated heterocycles. The number of hydrogen-bond acceptors (Lipinski definition) is 16. The second-order valence-corrected chi connectivity index (χ2v) is 11.2. The molecule has 0 aliphatic carbocycles. The highest BCUT2D eigenvalue weighted by atomic mass is 31.2. The molecule has 0 radical (unpaired) electrons. The fourth-order valence-corrected chi connectivity index (χ4v) is 6.25. The van der Waals surface area contributed by atoms with E-state index in [0.29, 0.717) is 0 Å². The van der Waals surface area contributed by atoms with Crippen LogP contribution in [0.4, 0.5) is 11.8 Å². The van der Waals surface area contributed by atoms with E-state index in [1.807, 2.05) is 0 Å². The average Bonchev–Trinajstić information content (AvgIpc) is 3.69. The number of aromatic nitrogens is 8. The molecule has 2 aliphatic rings. The Balaban J connectivity index is 1.19. The number of anilines is 2. The lowest BCUT2D eigenvalue weighted by Gasteiger charge is -2.27. The molecule has 6 heterocycles. The highest BCUT2D eigenvalue weighted by Gasteiger charge is 2.49. The van der Waals surface area contributed by atoms with E-state index in [2.05, 4.69) is 29.9 Å². The van der Waals surface area contributed by atoms with E-state index >= 15 is 0 Å². The van der Waals surface area contributed by atoms with Gasteiger partial charge in [-0.25, -0.2) is 24.5 Å². The summed E-state index contributed by atoms with van der Waals surface area (Å²) >= 11 is 0. The molecular formula is C21H27N10O10P. The smallest absolute Gasteiger partial charge is 0.394 e. The van der Waals surface area contributed by atoms with Crippen molar-refractivity contribution in [2.45, 2.75) is 62.4 Å². The highest BCUT2D eigenvalue weighted by molar-refractivity contribution is 7.47. The first-order chi connectivity index (χ1) is 20.0. The number of hydrogen-bond donors (Lipinski definition) is 7. The molecule has 42 heavy (non-hydrogen) atoms. The zero-order valence-electron chi connectivity index (χ0n) is 21.7. The van der Waals surface area contributed by atoms with Gasteiger partial charge in [-0.3, -0.25) is 28.0 Å². The molecule has 0 saturated carbocycles. The summed E-state index contributed by atoms with van der Waals surface area (Å²) in [5.41, 5.74) is 11.3. The summed E-state index contributed by atoms with van der Waals surface area (Å²) in [6.07, 6.45) is -6.24. The van der Waals surface area contributed by atoms with Crippen molar-refractivity contribution in [2.24, 2.45) is 0 Å². The third kappa shape index (κ3) is 4.91. The molecule has 21 heteroatoms. The number of nitrogen functional groups attached to an aromatic ring is 2. The number of phosphoric ester groups is 1. The number of nitrogens with one attached hydrogen (secondary N) is 1. The minimum absolute atomic E-state index is 0.0251. The number of nitrogens with two attached hydrogens (primary N) is 2. The number of aromatic amines is 1. The third-order valence-corrected chi connectivity index (χ3v) is 8.18. The Kier molecular flexibility index (Phi) is 7.20. The lowest BCUT2D eigenvalue weighted by atomic mass is 10.1. The van der Waals surface area contributed by atoms with Crippen LogP contribution in [-0.4, -0.2) is 102 Å². The van der Waals surface area contributed by atoms with Gasteiger partial charge in [-0.2, -0.15) is 4.98 Å². The molecule has 6 rings (SSSR count). The molecule has 0 amide bonds. The van der Waals surface area contributed by atoms with Gasteiger partial charge in [0.1, 0.15) is 36.3 Å². The van der Waals surface area contributed by atoms with Crippen molar-refractivity contribution >= 4 is 41.9 Å². The summed E-state index contributed by atoms with van der Waals surface area (Å²) in [6, 6.07) is 0. The van der Waals surface area contributed by atoms with Crippen LogP contribution < -0.4 is 17.0 Å². The summed E-state index contributed by atoms with van der Waals surface area (Å²) in [5, 5.41) is 31.1. The van der Waals surface area contributed by atoms with E-state index < -0.39 is 69.1 Å². The van der Waals surface area contributed by atoms with E-state index in [1.54, 1.807) is 0 Å². The molecule has 1 unspecified atom stereocenters. The van der Waals surface area contributed by atoms with Gasteiger partial charge in [0.05, 0.1) is 31.5 Å². The maximum absolute atomic E-state index is 13.2. The number of nitrogens with zero attached hydrogens (tertiary/aromatic N) is 7. The summed E-state index contributed by atoms with van der Waals surface area (Å²) in [4.78, 5) is 45.3. The van der Waals surface area contributed by atoms with Crippen LogP contribution in [0.5, 0.6) is 0 Å². The van der Waals surface area contributed by atoms with Crippen molar-refractivity contribution in [1.82, 2.24) is 39.0 Å². The molecule has 0 aromatic carbocycles. The maximum atomic E-state index is 13.2. The fraction of sp³-hybridized carbons (Fsp3) is 0.524. The zero-order valence-corrected chi connectivity index (χ0v) is 22.6. The van der Waals surface area contributed by atoms with Crippen LogP contribution in [0.15, 0.2) is 23.8 Å². The number of aliphatic hydroxyl groups excluding tert-OH is 3. The molecule has 4 aromatic heterocycles. The number of phosphoric acid groups is 1. The van der Waals surface area contributed by atoms with Gasteiger partial charge in [0.2, 0.25) is 5.95 Å². The topological polar surface area (TPSA) is 294 Å². The van der Waals surface area contributed by atoms with Gasteiger partial charge >= 0.3 is 7.82 Å². The zero-order chi connectivity index (χ0) is 29.9. The Morgan fingerprint density at radius 3 is 2.55 bits per heavy atom. The monoisotopic (exact) mass is 610 g/mol. The first-order valence-corrected chi connectivity index (χ1v) is 14.1. The largest absolute Gasteiger partial charge is 0.472 e. The summed E-state index contributed by atoms with van der Waals surface area (Å²) < 4.78 is 38.2. The third-order valence-electron chi connectivity index (χ3n) is 7.04. The second kappa shape index (κ2) is 10.6. The van der Waals surface area contributed by atoms with Crippen molar-refractivity contribution in [2.75, 3.05) is 18.1 Å². The number of aliphatic hydroxyl groups is 3. The molecule has 9 atom stereocenters. The second-order valence-electron chi connectivity index (χ2n) is 9.82. The molecule has 4 aromatic rings. The van der Waals surface area contributed by atoms with Crippen LogP contribution in [0.3, 0.4) is 0 Å². The lowest BCUT2D eigenvalue weighted by molar-refractivity contribution is -0.0835. The molecule has 2 aliphatic heterocycles. The average molecular weight is 610 g/mol. The van der Waals surface area contributed by atoms with Crippen LogP contribution in [0.2, 0.25) is 0 Å². The number of ether oxygens (including phenoxy) is 2. The van der Waals surface area contributed by atoms with E-state index in [4.69, 9.17) is 30.0 Å². The lowest BCUT2D eigenvalue weighted by Crippen LogP contribution is -2.38. The van der Waals surface area contributed by atoms with E-state index in [1.165, 1.54) is 35.0 Å². The van der Waals surface area contributed by atoms with Crippen LogP contribution in [0.25, 0.3) is 22.3 Å². The molecule has 2 fully saturated rings. The number of rotatable bonds is 8. The van der Waals surface area contributed by atoms with Gasteiger partial charge in [-0.15, -0.1) is 0 Å². The number of H-pyrrole nitrogens is 1. The molecule has 0 spiro atoms. The summed E-state index contributed by atoms with van der Waals surface area (Å²) in [5.74, 6) is -0.0885. The quantitative estimate of drug-likeness (QED) is 0.105. The molecular weight excluding hydrogens is 583 g/mol. The first-order valence-electron chi connectivity index (χ1n) is 12.6. The van der Waals surface area contributed by atoms with Gasteiger partial charge in [0.15, 0.2) is 35.1 Å². The molecule has 9 N–H and O–H groups in total. The van der Waals surface area contributed by atoms with E-state index in [9.17, 15) is 29.6 Å². The van der Waals surface area contributed by atoms with Crippen LogP contribution in [0, 0.1) is 0 Å². The Morgan fingerprint density at radius 2 is 1.81 bits per heavy atom. The van der Waals surface area contributed by atoms with Crippen LogP contribution in [0.1, 0.15) is 25.8 Å². The van der Waals surface area contributed by atoms with Crippen LogP contribution >= 0.6 is 7.82 Å². The van der Waals surface area contributed by atoms with Gasteiger partial charge in [-0.05, 0) is 6.92 Å². The Labute approximate surface area is 234 Å². The summed E-state index contributed by atoms with van der Waals surface area (Å²) in [7, 11) is -4.92. The SMILES string of the molecule is C[C@H](OP(=O)(O)O[C@@H]1C[C@@H](CO)O[C@H]1n1cnc2c(=O)[nH]c(N)nc21)[C@@H]1O[C@@H](n2cnc3c(N)ncnc32)[C@H](O)[C@@H]1O. The number of imidazole rings is 2. The Bertz CT molecular complexity index is 1730. The molecule has 226 valence electrons. The highest BCUT2D eigenvalue weighted by Crippen LogP contribution is 2.51. The minimum atomic E-state index is -4.92. The van der Waals surface area contributed by atoms with Crippen LogP contribution in [-0.2, 0) is 23.1 Å². The fourth-order valence-electron chi connectivity index (χ4n) is 5.13. The predicted molar refractivity (Wildman–Crippen MR) is 139 cm³/mol. The summed E-state index contributed by atoms with van der Waals surface area (Å²) in [6.45, 7) is 0.913.